The van der Waals surface area contributed by atoms with Gasteiger partial charge in [-0.3, -0.25) is 9.69 Å². The lowest BCUT2D eigenvalue weighted by molar-refractivity contribution is -0.146. The van der Waals surface area contributed by atoms with E-state index in [4.69, 9.17) is 4.74 Å². The Bertz CT molecular complexity index is 253. The van der Waals surface area contributed by atoms with Gasteiger partial charge in [0.25, 0.3) is 0 Å². The minimum absolute atomic E-state index is 0.0135. The van der Waals surface area contributed by atoms with E-state index in [0.29, 0.717) is 25.0 Å². The molecule has 0 amide bonds. The predicted molar refractivity (Wildman–Crippen MR) is 67.8 cm³/mol. The van der Waals surface area contributed by atoms with Gasteiger partial charge in [0.05, 0.1) is 6.61 Å². The van der Waals surface area contributed by atoms with Crippen molar-refractivity contribution in [2.24, 2.45) is 5.92 Å². The summed E-state index contributed by atoms with van der Waals surface area (Å²) in [5.74, 6) is 0.574. The predicted octanol–water partition coefficient (Wildman–Crippen LogP) is 2.59. The molecule has 0 aliphatic carbocycles. The van der Waals surface area contributed by atoms with E-state index in [0.717, 1.165) is 6.42 Å². The number of nitrogens with zero attached hydrogens (tertiary/aromatic N) is 1. The third kappa shape index (κ3) is 3.44. The molecule has 0 spiro atoms. The molecule has 3 heteroatoms. The Morgan fingerprint density at radius 1 is 1.24 bits per heavy atom. The number of fused-ring (bicyclic) bond motifs is 1. The number of rotatable bonds is 4. The van der Waals surface area contributed by atoms with Gasteiger partial charge in [0.2, 0.25) is 0 Å². The van der Waals surface area contributed by atoms with E-state index in [1.165, 1.54) is 45.2 Å². The highest BCUT2D eigenvalue weighted by Gasteiger charge is 2.33. The number of carbonyl (C=O) groups excluding carboxylic acids is 1. The summed E-state index contributed by atoms with van der Waals surface area (Å²) in [5.41, 5.74) is 0. The van der Waals surface area contributed by atoms with Crippen molar-refractivity contribution in [1.29, 1.82) is 0 Å². The van der Waals surface area contributed by atoms with Crippen molar-refractivity contribution < 1.29 is 9.53 Å². The summed E-state index contributed by atoms with van der Waals surface area (Å²) in [5, 5.41) is 0. The van der Waals surface area contributed by atoms with Gasteiger partial charge in [-0.25, -0.2) is 0 Å². The largest absolute Gasteiger partial charge is 0.465 e. The molecule has 0 aromatic carbocycles. The summed E-state index contributed by atoms with van der Waals surface area (Å²) in [6, 6.07) is 0.687. The fourth-order valence-electron chi connectivity index (χ4n) is 3.25. The van der Waals surface area contributed by atoms with Crippen LogP contribution in [0.1, 0.15) is 51.9 Å². The van der Waals surface area contributed by atoms with Crippen LogP contribution in [-0.4, -0.2) is 36.6 Å². The second-order valence-corrected chi connectivity index (χ2v) is 5.43. The van der Waals surface area contributed by atoms with Crippen LogP contribution in [0.3, 0.4) is 0 Å². The molecule has 0 saturated carbocycles. The minimum atomic E-state index is -0.0135. The molecule has 0 radical (unpaired) electrons. The molecule has 17 heavy (non-hydrogen) atoms. The highest BCUT2D eigenvalue weighted by molar-refractivity contribution is 5.69. The van der Waals surface area contributed by atoms with E-state index < -0.39 is 0 Å². The van der Waals surface area contributed by atoms with Crippen LogP contribution in [0, 0.1) is 5.92 Å². The Labute approximate surface area is 105 Å². The van der Waals surface area contributed by atoms with Crippen molar-refractivity contribution in [3.05, 3.63) is 0 Å². The molecule has 0 aromatic heterocycles. The molecule has 98 valence electrons. The molecule has 0 unspecified atom stereocenters. The number of carbonyl (C=O) groups is 1. The minimum Gasteiger partial charge on any atom is -0.465 e. The Morgan fingerprint density at radius 2 is 2.06 bits per heavy atom. The number of ether oxygens (including phenoxy) is 1. The smallest absolute Gasteiger partial charge is 0.305 e. The lowest BCUT2D eigenvalue weighted by atomic mass is 9.84. The molecule has 0 aromatic rings. The van der Waals surface area contributed by atoms with Crippen molar-refractivity contribution in [2.45, 2.75) is 57.9 Å². The van der Waals surface area contributed by atoms with Crippen molar-refractivity contribution >= 4 is 5.97 Å². The van der Waals surface area contributed by atoms with Gasteiger partial charge in [-0.15, -0.1) is 0 Å². The summed E-state index contributed by atoms with van der Waals surface area (Å²) in [7, 11) is 0. The van der Waals surface area contributed by atoms with Crippen molar-refractivity contribution in [3.8, 4) is 0 Å². The van der Waals surface area contributed by atoms with Gasteiger partial charge >= 0.3 is 5.97 Å². The SMILES string of the molecule is CCCC(=O)OC[C@H]1CCCN2CCCC[C@H]12. The topological polar surface area (TPSA) is 29.5 Å². The van der Waals surface area contributed by atoms with Crippen LogP contribution in [0.15, 0.2) is 0 Å². The maximum absolute atomic E-state index is 11.4. The Kier molecular flexibility index (Phi) is 4.84. The van der Waals surface area contributed by atoms with Gasteiger partial charge in [0.15, 0.2) is 0 Å². The van der Waals surface area contributed by atoms with Gasteiger partial charge in [-0.2, -0.15) is 0 Å². The van der Waals surface area contributed by atoms with E-state index in [1.54, 1.807) is 0 Å². The van der Waals surface area contributed by atoms with E-state index in [-0.39, 0.29) is 5.97 Å². The molecule has 3 nitrogen and oxygen atoms in total. The number of hydrogen-bond donors (Lipinski definition) is 0. The first-order chi connectivity index (χ1) is 8.31. The molecule has 2 aliphatic heterocycles. The summed E-state index contributed by atoms with van der Waals surface area (Å²) in [6.07, 6.45) is 7.96. The third-order valence-corrected chi connectivity index (χ3v) is 4.14. The monoisotopic (exact) mass is 239 g/mol. The fraction of sp³-hybridized carbons (Fsp3) is 0.929. The summed E-state index contributed by atoms with van der Waals surface area (Å²) in [4.78, 5) is 14.0. The summed E-state index contributed by atoms with van der Waals surface area (Å²) < 4.78 is 5.41. The second-order valence-electron chi connectivity index (χ2n) is 5.43. The maximum Gasteiger partial charge on any atom is 0.305 e. The number of piperidine rings is 2. The molecule has 2 fully saturated rings. The first-order valence-electron chi connectivity index (χ1n) is 7.21. The highest BCUT2D eigenvalue weighted by Crippen LogP contribution is 2.30. The van der Waals surface area contributed by atoms with Crippen LogP contribution >= 0.6 is 0 Å². The van der Waals surface area contributed by atoms with E-state index in [9.17, 15) is 4.79 Å². The standard InChI is InChI=1S/C14H25NO2/c1-2-6-14(16)17-11-12-7-5-10-15-9-4-3-8-13(12)15/h12-13H,2-11H2,1H3/t12-,13-/m1/s1. The summed E-state index contributed by atoms with van der Waals surface area (Å²) >= 11 is 0. The second kappa shape index (κ2) is 6.39. The lowest BCUT2D eigenvalue weighted by Crippen LogP contribution is -2.49. The molecule has 2 aliphatic rings. The quantitative estimate of drug-likeness (QED) is 0.706. The Morgan fingerprint density at radius 3 is 2.88 bits per heavy atom. The average molecular weight is 239 g/mol. The van der Waals surface area contributed by atoms with Gasteiger partial charge < -0.3 is 4.74 Å². The van der Waals surface area contributed by atoms with Crippen molar-refractivity contribution in [3.63, 3.8) is 0 Å². The van der Waals surface area contributed by atoms with Crippen molar-refractivity contribution in [1.82, 2.24) is 4.90 Å². The lowest BCUT2D eigenvalue weighted by Gasteiger charge is -2.44. The molecule has 2 saturated heterocycles. The highest BCUT2D eigenvalue weighted by atomic mass is 16.5. The molecule has 0 bridgehead atoms. The molecular formula is C14H25NO2. The fourth-order valence-corrected chi connectivity index (χ4v) is 3.25. The van der Waals surface area contributed by atoms with Crippen molar-refractivity contribution in [2.75, 3.05) is 19.7 Å². The first-order valence-corrected chi connectivity index (χ1v) is 7.21. The third-order valence-electron chi connectivity index (χ3n) is 4.14. The van der Waals surface area contributed by atoms with Crippen LogP contribution in [0.5, 0.6) is 0 Å². The van der Waals surface area contributed by atoms with Crippen LogP contribution in [-0.2, 0) is 9.53 Å². The van der Waals surface area contributed by atoms with Crippen LogP contribution in [0.4, 0.5) is 0 Å². The van der Waals surface area contributed by atoms with Gasteiger partial charge in [0, 0.05) is 18.4 Å². The molecule has 2 atom stereocenters. The molecular weight excluding hydrogens is 214 g/mol. The Hall–Kier alpha value is -0.570. The normalized spacial score (nSPS) is 29.7. The zero-order valence-electron chi connectivity index (χ0n) is 11.0. The first kappa shape index (κ1) is 12.9. The van der Waals surface area contributed by atoms with Gasteiger partial charge in [0.1, 0.15) is 0 Å². The van der Waals surface area contributed by atoms with Crippen LogP contribution < -0.4 is 0 Å². The van der Waals surface area contributed by atoms with Crippen LogP contribution in [0.2, 0.25) is 0 Å². The van der Waals surface area contributed by atoms with Crippen LogP contribution in [0.25, 0.3) is 0 Å². The number of hydrogen-bond acceptors (Lipinski definition) is 3. The van der Waals surface area contributed by atoms with Gasteiger partial charge in [-0.1, -0.05) is 13.3 Å². The van der Waals surface area contributed by atoms with E-state index in [1.807, 2.05) is 6.92 Å². The zero-order chi connectivity index (χ0) is 12.1. The molecule has 2 heterocycles. The zero-order valence-corrected chi connectivity index (χ0v) is 11.0. The maximum atomic E-state index is 11.4. The number of esters is 1. The average Bonchev–Trinajstić information content (AvgIpc) is 2.36. The Balaban J connectivity index is 1.80. The summed E-state index contributed by atoms with van der Waals surface area (Å²) in [6.45, 7) is 5.18. The van der Waals surface area contributed by atoms with E-state index >= 15 is 0 Å². The molecule has 0 N–H and O–H groups in total. The molecule has 2 rings (SSSR count). The van der Waals surface area contributed by atoms with Gasteiger partial charge in [-0.05, 0) is 45.2 Å². The van der Waals surface area contributed by atoms with E-state index in [2.05, 4.69) is 4.90 Å².